The van der Waals surface area contributed by atoms with Gasteiger partial charge in [-0.25, -0.2) is 0 Å². The van der Waals surface area contributed by atoms with Crippen molar-refractivity contribution in [2.45, 2.75) is 20.3 Å². The zero-order valence-electron chi connectivity index (χ0n) is 7.15. The average Bonchev–Trinajstić information content (AvgIpc) is 2.04. The smallest absolute Gasteiger partial charge is 0.0181 e. The summed E-state index contributed by atoms with van der Waals surface area (Å²) in [7, 11) is 0. The van der Waals surface area contributed by atoms with E-state index in [1.54, 1.807) is 0 Å². The van der Waals surface area contributed by atoms with Crippen molar-refractivity contribution in [3.05, 3.63) is 47.5 Å². The fourth-order valence-electron chi connectivity index (χ4n) is 1.20. The molecule has 0 aromatic heterocycles. The van der Waals surface area contributed by atoms with E-state index in [0.29, 0.717) is 0 Å². The van der Waals surface area contributed by atoms with E-state index in [2.05, 4.69) is 44.7 Å². The molecule has 0 aliphatic heterocycles. The summed E-state index contributed by atoms with van der Waals surface area (Å²) in [6.07, 6.45) is 3.97. The molecule has 11 heavy (non-hydrogen) atoms. The first-order chi connectivity index (χ1) is 5.27. The first-order valence-electron chi connectivity index (χ1n) is 3.90. The molecule has 1 rings (SSSR count). The molecule has 0 atom stereocenters. The van der Waals surface area contributed by atoms with E-state index >= 15 is 0 Å². The molecule has 0 bridgehead atoms. The highest BCUT2D eigenvalue weighted by atomic mass is 14.0. The molecular formula is C11H13. The van der Waals surface area contributed by atoms with Crippen LogP contribution in [0.2, 0.25) is 0 Å². The predicted octanol–water partition coefficient (Wildman–Crippen LogP) is 2.89. The van der Waals surface area contributed by atoms with E-state index in [1.165, 1.54) is 11.1 Å². The minimum absolute atomic E-state index is 1.08. The third-order valence-electron chi connectivity index (χ3n) is 1.93. The summed E-state index contributed by atoms with van der Waals surface area (Å²) in [5.41, 5.74) is 3.82. The minimum atomic E-state index is 1.08. The number of hydrogen-bond acceptors (Lipinski definition) is 0. The Morgan fingerprint density at radius 3 is 2.64 bits per heavy atom. The van der Waals surface area contributed by atoms with Gasteiger partial charge in [0, 0.05) is 0 Å². The van der Waals surface area contributed by atoms with E-state index in [-0.39, 0.29) is 0 Å². The summed E-state index contributed by atoms with van der Waals surface area (Å²) in [5.74, 6) is 0. The van der Waals surface area contributed by atoms with Crippen molar-refractivity contribution in [2.24, 2.45) is 0 Å². The summed E-state index contributed by atoms with van der Waals surface area (Å²) in [4.78, 5) is 0. The molecule has 0 saturated carbocycles. The molecule has 0 amide bonds. The van der Waals surface area contributed by atoms with Crippen LogP contribution in [0.4, 0.5) is 0 Å². The molecule has 0 aliphatic rings. The Kier molecular flexibility index (Phi) is 2.48. The molecular weight excluding hydrogens is 132 g/mol. The van der Waals surface area contributed by atoms with Gasteiger partial charge in [-0.15, -0.1) is 0 Å². The Hall–Kier alpha value is -1.04. The van der Waals surface area contributed by atoms with Crippen LogP contribution < -0.4 is 0 Å². The summed E-state index contributed by atoms with van der Waals surface area (Å²) in [6, 6.07) is 6.31. The molecule has 0 nitrogen and oxygen atoms in total. The van der Waals surface area contributed by atoms with Crippen LogP contribution in [0.3, 0.4) is 0 Å². The lowest BCUT2D eigenvalue weighted by atomic mass is 10.0. The third-order valence-corrected chi connectivity index (χ3v) is 1.93. The standard InChI is InChI=1S/C11H13/c1-4-10-6-7-11(5-2)9(3)8-10/h6-8H,1,5H2,2-3H3. The normalized spacial score (nSPS) is 9.64. The van der Waals surface area contributed by atoms with Crippen molar-refractivity contribution in [3.8, 4) is 0 Å². The molecule has 0 unspecified atom stereocenters. The second-order valence-electron chi connectivity index (χ2n) is 2.67. The van der Waals surface area contributed by atoms with Crippen LogP contribution in [-0.4, -0.2) is 0 Å². The Morgan fingerprint density at radius 1 is 1.45 bits per heavy atom. The number of benzene rings is 1. The van der Waals surface area contributed by atoms with Gasteiger partial charge in [0.15, 0.2) is 0 Å². The third kappa shape index (κ3) is 1.70. The highest BCUT2D eigenvalue weighted by Gasteiger charge is 1.94. The molecule has 0 N–H and O–H groups in total. The zero-order chi connectivity index (χ0) is 8.27. The van der Waals surface area contributed by atoms with Crippen LogP contribution in [0, 0.1) is 13.0 Å². The maximum absolute atomic E-state index is 3.60. The van der Waals surface area contributed by atoms with E-state index in [1.807, 2.05) is 0 Å². The van der Waals surface area contributed by atoms with Gasteiger partial charge in [0.05, 0.1) is 0 Å². The van der Waals surface area contributed by atoms with Gasteiger partial charge in [-0.3, -0.25) is 0 Å². The highest BCUT2D eigenvalue weighted by Crippen LogP contribution is 2.11. The van der Waals surface area contributed by atoms with Crippen molar-refractivity contribution in [2.75, 3.05) is 0 Å². The van der Waals surface area contributed by atoms with Crippen molar-refractivity contribution < 1.29 is 0 Å². The van der Waals surface area contributed by atoms with E-state index in [0.717, 1.165) is 12.0 Å². The molecule has 0 heterocycles. The lowest BCUT2D eigenvalue weighted by Crippen LogP contribution is -1.86. The number of rotatable bonds is 2. The van der Waals surface area contributed by atoms with Crippen molar-refractivity contribution in [1.82, 2.24) is 0 Å². The van der Waals surface area contributed by atoms with Crippen LogP contribution in [0.5, 0.6) is 0 Å². The fraction of sp³-hybridized carbons (Fsp3) is 0.273. The summed E-state index contributed by atoms with van der Waals surface area (Å²) in [6.45, 7) is 7.89. The lowest BCUT2D eigenvalue weighted by molar-refractivity contribution is 1.11. The van der Waals surface area contributed by atoms with E-state index < -0.39 is 0 Å². The van der Waals surface area contributed by atoms with Gasteiger partial charge >= 0.3 is 0 Å². The fourth-order valence-corrected chi connectivity index (χ4v) is 1.20. The van der Waals surface area contributed by atoms with Crippen LogP contribution in [-0.2, 0) is 6.42 Å². The Labute approximate surface area is 68.6 Å². The Bertz CT molecular complexity index is 259. The molecule has 57 valence electrons. The van der Waals surface area contributed by atoms with Crippen LogP contribution >= 0.6 is 0 Å². The Morgan fingerprint density at radius 2 is 2.18 bits per heavy atom. The predicted molar refractivity (Wildman–Crippen MR) is 48.5 cm³/mol. The molecule has 0 aliphatic carbocycles. The largest absolute Gasteiger partial charge is 0.0906 e. The Balaban J connectivity index is 3.09. The number of aryl methyl sites for hydroxylation is 2. The van der Waals surface area contributed by atoms with Gasteiger partial charge in [-0.05, 0) is 36.1 Å². The first kappa shape index (κ1) is 8.06. The summed E-state index contributed by atoms with van der Waals surface area (Å²) in [5, 5.41) is 0. The zero-order valence-corrected chi connectivity index (χ0v) is 7.15. The molecule has 1 aromatic carbocycles. The maximum Gasteiger partial charge on any atom is -0.0181 e. The van der Waals surface area contributed by atoms with Crippen molar-refractivity contribution >= 4 is 0 Å². The van der Waals surface area contributed by atoms with E-state index in [4.69, 9.17) is 0 Å². The van der Waals surface area contributed by atoms with Gasteiger partial charge in [0.1, 0.15) is 0 Å². The molecule has 1 radical (unpaired) electrons. The lowest BCUT2D eigenvalue weighted by Gasteiger charge is -2.02. The van der Waals surface area contributed by atoms with Crippen molar-refractivity contribution in [1.29, 1.82) is 0 Å². The van der Waals surface area contributed by atoms with Crippen LogP contribution in [0.25, 0.3) is 0 Å². The number of hydrogen-bond donors (Lipinski definition) is 0. The molecule has 0 heteroatoms. The minimum Gasteiger partial charge on any atom is -0.0906 e. The maximum atomic E-state index is 3.60. The van der Waals surface area contributed by atoms with Gasteiger partial charge < -0.3 is 0 Å². The van der Waals surface area contributed by atoms with Crippen molar-refractivity contribution in [3.63, 3.8) is 0 Å². The van der Waals surface area contributed by atoms with Gasteiger partial charge in [0.25, 0.3) is 0 Å². The van der Waals surface area contributed by atoms with Gasteiger partial charge in [0.2, 0.25) is 0 Å². The average molecular weight is 145 g/mol. The molecule has 0 fully saturated rings. The second kappa shape index (κ2) is 3.38. The quantitative estimate of drug-likeness (QED) is 0.600. The monoisotopic (exact) mass is 145 g/mol. The molecule has 0 saturated heterocycles. The van der Waals surface area contributed by atoms with Gasteiger partial charge in [-0.1, -0.05) is 31.7 Å². The van der Waals surface area contributed by atoms with Gasteiger partial charge in [-0.2, -0.15) is 0 Å². The second-order valence-corrected chi connectivity index (χ2v) is 2.67. The van der Waals surface area contributed by atoms with Crippen LogP contribution in [0.1, 0.15) is 23.6 Å². The molecule has 0 spiro atoms. The highest BCUT2D eigenvalue weighted by molar-refractivity contribution is 5.33. The summed E-state index contributed by atoms with van der Waals surface area (Å²) >= 11 is 0. The topological polar surface area (TPSA) is 0 Å². The van der Waals surface area contributed by atoms with Crippen LogP contribution in [0.15, 0.2) is 24.8 Å². The van der Waals surface area contributed by atoms with E-state index in [9.17, 15) is 0 Å². The SMILES string of the molecule is C=[C]c1ccc(CC)c(C)c1. The summed E-state index contributed by atoms with van der Waals surface area (Å²) < 4.78 is 0. The first-order valence-corrected chi connectivity index (χ1v) is 3.90. The molecule has 1 aromatic rings.